The maximum absolute atomic E-state index is 12.5. The molecule has 1 aliphatic rings. The number of aromatic nitrogens is 1. The molecule has 1 N–H and O–H groups in total. The highest BCUT2D eigenvalue weighted by Gasteiger charge is 2.36. The molecule has 0 spiro atoms. The molecule has 1 fully saturated rings. The van der Waals surface area contributed by atoms with Crippen LogP contribution in [-0.2, 0) is 0 Å². The summed E-state index contributed by atoms with van der Waals surface area (Å²) in [5.41, 5.74) is 1.68. The summed E-state index contributed by atoms with van der Waals surface area (Å²) in [5.74, 6) is 0.921. The van der Waals surface area contributed by atoms with Gasteiger partial charge in [-0.1, -0.05) is 0 Å². The number of benzene rings is 1. The molecule has 5 nitrogen and oxygen atoms in total. The molecular formula is C18H23N3O2. The zero-order valence-electron chi connectivity index (χ0n) is 13.9. The van der Waals surface area contributed by atoms with Crippen LogP contribution >= 0.6 is 0 Å². The Bertz CT molecular complexity index is 662. The number of piperazine rings is 1. The minimum Gasteiger partial charge on any atom is -0.497 e. The lowest BCUT2D eigenvalue weighted by atomic mass is 9.97. The molecule has 0 unspecified atom stereocenters. The third-order valence-corrected chi connectivity index (χ3v) is 4.40. The van der Waals surface area contributed by atoms with Crippen molar-refractivity contribution in [2.24, 2.45) is 0 Å². The Morgan fingerprint density at radius 1 is 1.17 bits per heavy atom. The van der Waals surface area contributed by atoms with E-state index in [0.29, 0.717) is 18.8 Å². The maximum atomic E-state index is 12.5. The highest BCUT2D eigenvalue weighted by Crippen LogP contribution is 2.29. The summed E-state index contributed by atoms with van der Waals surface area (Å²) in [6, 6.07) is 11.8. The van der Waals surface area contributed by atoms with Crippen LogP contribution < -0.4 is 9.64 Å². The number of aromatic amines is 1. The van der Waals surface area contributed by atoms with Gasteiger partial charge in [0.05, 0.1) is 12.6 Å². The zero-order valence-corrected chi connectivity index (χ0v) is 13.9. The van der Waals surface area contributed by atoms with E-state index in [-0.39, 0.29) is 11.4 Å². The normalized spacial score (nSPS) is 17.2. The van der Waals surface area contributed by atoms with Gasteiger partial charge in [-0.3, -0.25) is 4.79 Å². The molecule has 1 aromatic heterocycles. The number of carbonyl (C=O) groups is 1. The SMILES string of the molecule is COc1ccc(N2CCN(C(=O)c3ccc[nH]3)CC2(C)C)cc1. The molecule has 5 heteroatoms. The van der Waals surface area contributed by atoms with Crippen LogP contribution in [0.15, 0.2) is 42.6 Å². The van der Waals surface area contributed by atoms with Gasteiger partial charge in [-0.2, -0.15) is 0 Å². The predicted molar refractivity (Wildman–Crippen MR) is 91.1 cm³/mol. The van der Waals surface area contributed by atoms with Gasteiger partial charge in [0, 0.05) is 31.5 Å². The zero-order chi connectivity index (χ0) is 16.4. The average Bonchev–Trinajstić information content (AvgIpc) is 3.08. The number of hydrogen-bond acceptors (Lipinski definition) is 3. The number of anilines is 1. The maximum Gasteiger partial charge on any atom is 0.270 e. The number of ether oxygens (including phenoxy) is 1. The fourth-order valence-electron chi connectivity index (χ4n) is 3.20. The number of amides is 1. The molecule has 1 amide bonds. The van der Waals surface area contributed by atoms with Gasteiger partial charge in [0.2, 0.25) is 0 Å². The lowest BCUT2D eigenvalue weighted by molar-refractivity contribution is 0.0681. The number of H-pyrrole nitrogens is 1. The lowest BCUT2D eigenvalue weighted by Gasteiger charge is -2.48. The summed E-state index contributed by atoms with van der Waals surface area (Å²) in [6.07, 6.45) is 1.78. The van der Waals surface area contributed by atoms with Crippen LogP contribution in [0.5, 0.6) is 5.75 Å². The molecule has 2 aromatic rings. The first kappa shape index (κ1) is 15.5. The van der Waals surface area contributed by atoms with E-state index in [0.717, 1.165) is 18.0 Å². The van der Waals surface area contributed by atoms with Gasteiger partial charge in [0.1, 0.15) is 11.4 Å². The third-order valence-electron chi connectivity index (χ3n) is 4.40. The molecule has 3 rings (SSSR count). The number of carbonyl (C=O) groups excluding carboxylic acids is 1. The highest BCUT2D eigenvalue weighted by molar-refractivity contribution is 5.92. The minimum absolute atomic E-state index is 0.0671. The standard InChI is InChI=1S/C18H23N3O2/c1-18(2)13-20(17(22)16-5-4-10-19-16)11-12-21(18)14-6-8-15(23-3)9-7-14/h4-10,19H,11-13H2,1-3H3. The average molecular weight is 313 g/mol. The van der Waals surface area contributed by atoms with E-state index in [1.807, 2.05) is 29.2 Å². The molecule has 2 heterocycles. The molecule has 1 aromatic carbocycles. The molecule has 1 saturated heterocycles. The van der Waals surface area contributed by atoms with Crippen molar-refractivity contribution in [2.45, 2.75) is 19.4 Å². The molecule has 122 valence electrons. The van der Waals surface area contributed by atoms with E-state index < -0.39 is 0 Å². The number of nitrogens with zero attached hydrogens (tertiary/aromatic N) is 2. The van der Waals surface area contributed by atoms with Gasteiger partial charge in [-0.15, -0.1) is 0 Å². The molecule has 0 aliphatic carbocycles. The van der Waals surface area contributed by atoms with E-state index >= 15 is 0 Å². The van der Waals surface area contributed by atoms with Gasteiger partial charge < -0.3 is 19.5 Å². The van der Waals surface area contributed by atoms with Crippen molar-refractivity contribution in [3.05, 3.63) is 48.3 Å². The summed E-state index contributed by atoms with van der Waals surface area (Å²) in [5, 5.41) is 0. The summed E-state index contributed by atoms with van der Waals surface area (Å²) in [6.45, 7) is 6.56. The van der Waals surface area contributed by atoms with E-state index in [4.69, 9.17) is 4.74 Å². The second-order valence-electron chi connectivity index (χ2n) is 6.47. The van der Waals surface area contributed by atoms with Crippen molar-refractivity contribution < 1.29 is 9.53 Å². The largest absolute Gasteiger partial charge is 0.497 e. The predicted octanol–water partition coefficient (Wildman–Crippen LogP) is 2.76. The second kappa shape index (κ2) is 5.99. The van der Waals surface area contributed by atoms with Crippen molar-refractivity contribution in [3.63, 3.8) is 0 Å². The summed E-state index contributed by atoms with van der Waals surface area (Å²) in [7, 11) is 1.67. The van der Waals surface area contributed by atoms with Crippen LogP contribution in [0, 0.1) is 0 Å². The first-order valence-corrected chi connectivity index (χ1v) is 7.85. The fourth-order valence-corrected chi connectivity index (χ4v) is 3.20. The van der Waals surface area contributed by atoms with Crippen LogP contribution in [0.4, 0.5) is 5.69 Å². The summed E-state index contributed by atoms with van der Waals surface area (Å²) < 4.78 is 5.22. The number of methoxy groups -OCH3 is 1. The van der Waals surface area contributed by atoms with E-state index in [1.54, 1.807) is 13.3 Å². The quantitative estimate of drug-likeness (QED) is 0.948. The van der Waals surface area contributed by atoms with Crippen molar-refractivity contribution >= 4 is 11.6 Å². The number of hydrogen-bond donors (Lipinski definition) is 1. The van der Waals surface area contributed by atoms with Crippen LogP contribution in [-0.4, -0.2) is 48.1 Å². The van der Waals surface area contributed by atoms with Crippen LogP contribution in [0.3, 0.4) is 0 Å². The van der Waals surface area contributed by atoms with Gasteiger partial charge >= 0.3 is 0 Å². The molecule has 0 saturated carbocycles. The van der Waals surface area contributed by atoms with Gasteiger partial charge in [-0.25, -0.2) is 0 Å². The Kier molecular flexibility index (Phi) is 4.03. The number of nitrogens with one attached hydrogen (secondary N) is 1. The Balaban J connectivity index is 1.75. The summed E-state index contributed by atoms with van der Waals surface area (Å²) >= 11 is 0. The highest BCUT2D eigenvalue weighted by atomic mass is 16.5. The third kappa shape index (κ3) is 3.04. The van der Waals surface area contributed by atoms with E-state index in [9.17, 15) is 4.79 Å². The second-order valence-corrected chi connectivity index (χ2v) is 6.47. The van der Waals surface area contributed by atoms with Gasteiger partial charge in [0.25, 0.3) is 5.91 Å². The minimum atomic E-state index is -0.130. The Hall–Kier alpha value is -2.43. The van der Waals surface area contributed by atoms with Gasteiger partial charge in [0.15, 0.2) is 0 Å². The fraction of sp³-hybridized carbons (Fsp3) is 0.389. The van der Waals surface area contributed by atoms with Crippen LogP contribution in [0.1, 0.15) is 24.3 Å². The number of rotatable bonds is 3. The molecule has 0 radical (unpaired) electrons. The molecule has 23 heavy (non-hydrogen) atoms. The molecule has 0 atom stereocenters. The first-order valence-electron chi connectivity index (χ1n) is 7.85. The Labute approximate surface area is 136 Å². The van der Waals surface area contributed by atoms with Crippen molar-refractivity contribution in [3.8, 4) is 5.75 Å². The van der Waals surface area contributed by atoms with Crippen molar-refractivity contribution in [1.82, 2.24) is 9.88 Å². The molecule has 0 bridgehead atoms. The van der Waals surface area contributed by atoms with Crippen molar-refractivity contribution in [2.75, 3.05) is 31.6 Å². The molecular weight excluding hydrogens is 290 g/mol. The van der Waals surface area contributed by atoms with Crippen LogP contribution in [0.2, 0.25) is 0 Å². The van der Waals surface area contributed by atoms with E-state index in [1.165, 1.54) is 0 Å². The monoisotopic (exact) mass is 313 g/mol. The molecule has 1 aliphatic heterocycles. The smallest absolute Gasteiger partial charge is 0.270 e. The topological polar surface area (TPSA) is 48.6 Å². The summed E-state index contributed by atoms with van der Waals surface area (Å²) in [4.78, 5) is 19.8. The Morgan fingerprint density at radius 2 is 1.91 bits per heavy atom. The first-order chi connectivity index (χ1) is 11.0. The Morgan fingerprint density at radius 3 is 2.48 bits per heavy atom. The van der Waals surface area contributed by atoms with Gasteiger partial charge in [-0.05, 0) is 50.2 Å². The lowest BCUT2D eigenvalue weighted by Crippen LogP contribution is -2.60. The van der Waals surface area contributed by atoms with Crippen LogP contribution in [0.25, 0.3) is 0 Å². The van der Waals surface area contributed by atoms with Crippen molar-refractivity contribution in [1.29, 1.82) is 0 Å². The van der Waals surface area contributed by atoms with E-state index in [2.05, 4.69) is 35.9 Å².